The quantitative estimate of drug-likeness (QED) is 0.752. The van der Waals surface area contributed by atoms with Crippen LogP contribution in [-0.2, 0) is 14.6 Å². The van der Waals surface area contributed by atoms with Crippen LogP contribution >= 0.6 is 0 Å². The Morgan fingerprint density at radius 2 is 1.75 bits per heavy atom. The summed E-state index contributed by atoms with van der Waals surface area (Å²) in [6, 6.07) is 0. The van der Waals surface area contributed by atoms with Gasteiger partial charge in [-0.3, -0.25) is 0 Å². The smallest absolute Gasteiger partial charge is 0.148 e. The first kappa shape index (κ1) is 15.9. The summed E-state index contributed by atoms with van der Waals surface area (Å²) in [5, 5.41) is 0. The second kappa shape index (κ2) is 8.03. The number of ether oxygens (including phenoxy) is 1. The lowest BCUT2D eigenvalue weighted by atomic mass is 10.1. The SMILES string of the molecule is CC.COC1CCN(CCS(C)(=O)=O)CC1. The van der Waals surface area contributed by atoms with E-state index in [1.165, 1.54) is 6.26 Å². The van der Waals surface area contributed by atoms with Crippen LogP contribution in [0.3, 0.4) is 0 Å². The molecule has 0 saturated carbocycles. The molecule has 4 nitrogen and oxygen atoms in total. The molecule has 0 spiro atoms. The molecule has 0 aromatic carbocycles. The third-order valence-electron chi connectivity index (χ3n) is 2.65. The molecule has 1 rings (SSSR count). The topological polar surface area (TPSA) is 46.6 Å². The van der Waals surface area contributed by atoms with Crippen LogP contribution in [0, 0.1) is 0 Å². The predicted molar refractivity (Wildman–Crippen MR) is 67.5 cm³/mol. The zero-order valence-electron chi connectivity index (χ0n) is 10.9. The van der Waals surface area contributed by atoms with Crippen molar-refractivity contribution in [3.8, 4) is 0 Å². The standard InChI is InChI=1S/C9H19NO3S.C2H6/c1-13-9-3-5-10(6-4-9)7-8-14(2,11)12;1-2/h9H,3-8H2,1-2H3;1-2H3. The van der Waals surface area contributed by atoms with Crippen LogP contribution in [0.2, 0.25) is 0 Å². The summed E-state index contributed by atoms with van der Waals surface area (Å²) in [6.45, 7) is 6.57. The van der Waals surface area contributed by atoms with E-state index in [9.17, 15) is 8.42 Å². The minimum Gasteiger partial charge on any atom is -0.381 e. The van der Waals surface area contributed by atoms with Crippen LogP contribution in [0.4, 0.5) is 0 Å². The summed E-state index contributed by atoms with van der Waals surface area (Å²) in [4.78, 5) is 2.19. The maximum atomic E-state index is 10.9. The Morgan fingerprint density at radius 3 is 2.12 bits per heavy atom. The third kappa shape index (κ3) is 7.19. The summed E-state index contributed by atoms with van der Waals surface area (Å²) in [5.74, 6) is 0.269. The van der Waals surface area contributed by atoms with E-state index in [1.54, 1.807) is 7.11 Å². The third-order valence-corrected chi connectivity index (χ3v) is 3.57. The fourth-order valence-electron chi connectivity index (χ4n) is 1.66. The highest BCUT2D eigenvalue weighted by molar-refractivity contribution is 7.90. The number of hydrogen-bond acceptors (Lipinski definition) is 4. The molecule has 0 N–H and O–H groups in total. The van der Waals surface area contributed by atoms with Crippen LogP contribution < -0.4 is 0 Å². The van der Waals surface area contributed by atoms with E-state index >= 15 is 0 Å². The van der Waals surface area contributed by atoms with Crippen LogP contribution in [0.25, 0.3) is 0 Å². The molecule has 0 radical (unpaired) electrons. The summed E-state index contributed by atoms with van der Waals surface area (Å²) in [6.07, 6.45) is 3.68. The number of sulfone groups is 1. The zero-order chi connectivity index (χ0) is 12.6. The van der Waals surface area contributed by atoms with Gasteiger partial charge in [0.15, 0.2) is 0 Å². The zero-order valence-corrected chi connectivity index (χ0v) is 11.7. The Hall–Kier alpha value is -0.130. The van der Waals surface area contributed by atoms with Crippen molar-refractivity contribution in [2.24, 2.45) is 0 Å². The molecule has 0 bridgehead atoms. The van der Waals surface area contributed by atoms with Gasteiger partial charge in [-0.1, -0.05) is 13.8 Å². The molecule has 1 aliphatic heterocycles. The Labute approximate surface area is 99.9 Å². The lowest BCUT2D eigenvalue weighted by Gasteiger charge is -2.30. The molecule has 1 heterocycles. The Kier molecular flexibility index (Phi) is 7.97. The molecule has 1 saturated heterocycles. The summed E-state index contributed by atoms with van der Waals surface area (Å²) in [5.41, 5.74) is 0. The fraction of sp³-hybridized carbons (Fsp3) is 1.00. The number of piperidine rings is 1. The van der Waals surface area contributed by atoms with Gasteiger partial charge < -0.3 is 9.64 Å². The van der Waals surface area contributed by atoms with Gasteiger partial charge in [0.25, 0.3) is 0 Å². The molecule has 0 aromatic heterocycles. The van der Waals surface area contributed by atoms with Crippen molar-refractivity contribution in [1.29, 1.82) is 0 Å². The molecule has 0 amide bonds. The molecular weight excluding hydrogens is 226 g/mol. The second-order valence-corrected chi connectivity index (χ2v) is 6.17. The maximum Gasteiger partial charge on any atom is 0.148 e. The van der Waals surface area contributed by atoms with E-state index in [-0.39, 0.29) is 5.75 Å². The minimum atomic E-state index is -2.82. The first-order chi connectivity index (χ1) is 7.51. The second-order valence-electron chi connectivity index (χ2n) is 3.91. The van der Waals surface area contributed by atoms with Crippen molar-refractivity contribution in [3.63, 3.8) is 0 Å². The van der Waals surface area contributed by atoms with Gasteiger partial charge in [0.05, 0.1) is 11.9 Å². The van der Waals surface area contributed by atoms with Gasteiger partial charge in [-0.2, -0.15) is 0 Å². The largest absolute Gasteiger partial charge is 0.381 e. The van der Waals surface area contributed by atoms with Crippen molar-refractivity contribution < 1.29 is 13.2 Å². The summed E-state index contributed by atoms with van der Waals surface area (Å²) >= 11 is 0. The lowest BCUT2D eigenvalue weighted by Crippen LogP contribution is -2.39. The summed E-state index contributed by atoms with van der Waals surface area (Å²) in [7, 11) is -1.08. The molecule has 0 aliphatic carbocycles. The number of likely N-dealkylation sites (tertiary alicyclic amines) is 1. The fourth-order valence-corrected chi connectivity index (χ4v) is 2.25. The van der Waals surface area contributed by atoms with Gasteiger partial charge in [-0.15, -0.1) is 0 Å². The van der Waals surface area contributed by atoms with Crippen molar-refractivity contribution in [3.05, 3.63) is 0 Å². The highest BCUT2D eigenvalue weighted by atomic mass is 32.2. The van der Waals surface area contributed by atoms with E-state index < -0.39 is 9.84 Å². The molecular formula is C11H25NO3S. The monoisotopic (exact) mass is 251 g/mol. The van der Waals surface area contributed by atoms with E-state index in [1.807, 2.05) is 13.8 Å². The van der Waals surface area contributed by atoms with E-state index in [2.05, 4.69) is 4.90 Å². The first-order valence-electron chi connectivity index (χ1n) is 5.94. The molecule has 0 aromatic rings. The number of hydrogen-bond donors (Lipinski definition) is 0. The molecule has 0 unspecified atom stereocenters. The Balaban J connectivity index is 0.00000106. The van der Waals surface area contributed by atoms with E-state index in [0.717, 1.165) is 25.9 Å². The highest BCUT2D eigenvalue weighted by Gasteiger charge is 2.19. The Morgan fingerprint density at radius 1 is 1.25 bits per heavy atom. The molecule has 1 aliphatic rings. The maximum absolute atomic E-state index is 10.9. The van der Waals surface area contributed by atoms with Crippen LogP contribution in [0.1, 0.15) is 26.7 Å². The van der Waals surface area contributed by atoms with Crippen LogP contribution in [-0.4, -0.2) is 58.2 Å². The van der Waals surface area contributed by atoms with Gasteiger partial charge >= 0.3 is 0 Å². The van der Waals surface area contributed by atoms with E-state index in [0.29, 0.717) is 12.6 Å². The van der Waals surface area contributed by atoms with Crippen molar-refractivity contribution in [2.75, 3.05) is 38.8 Å². The first-order valence-corrected chi connectivity index (χ1v) is 8.00. The molecule has 98 valence electrons. The van der Waals surface area contributed by atoms with Gasteiger partial charge in [-0.05, 0) is 12.8 Å². The normalized spacial score (nSPS) is 19.0. The van der Waals surface area contributed by atoms with Gasteiger partial charge in [-0.25, -0.2) is 8.42 Å². The Bertz CT molecular complexity index is 256. The van der Waals surface area contributed by atoms with Crippen LogP contribution in [0.5, 0.6) is 0 Å². The molecule has 16 heavy (non-hydrogen) atoms. The van der Waals surface area contributed by atoms with Gasteiger partial charge in [0.1, 0.15) is 9.84 Å². The highest BCUT2D eigenvalue weighted by Crippen LogP contribution is 2.12. The minimum absolute atomic E-state index is 0.269. The molecule has 5 heteroatoms. The van der Waals surface area contributed by atoms with Crippen molar-refractivity contribution in [2.45, 2.75) is 32.8 Å². The van der Waals surface area contributed by atoms with Gasteiger partial charge in [0, 0.05) is 33.0 Å². The lowest BCUT2D eigenvalue weighted by molar-refractivity contribution is 0.0429. The summed E-state index contributed by atoms with van der Waals surface area (Å²) < 4.78 is 27.1. The number of nitrogens with zero attached hydrogens (tertiary/aromatic N) is 1. The molecule has 1 fully saturated rings. The van der Waals surface area contributed by atoms with Crippen molar-refractivity contribution in [1.82, 2.24) is 4.90 Å². The number of methoxy groups -OCH3 is 1. The van der Waals surface area contributed by atoms with Crippen molar-refractivity contribution >= 4 is 9.84 Å². The molecule has 0 atom stereocenters. The van der Waals surface area contributed by atoms with Gasteiger partial charge in [0.2, 0.25) is 0 Å². The number of rotatable bonds is 4. The average molecular weight is 251 g/mol. The van der Waals surface area contributed by atoms with E-state index in [4.69, 9.17) is 4.74 Å². The predicted octanol–water partition coefficient (Wildman–Crippen LogP) is 1.17. The van der Waals surface area contributed by atoms with Crippen LogP contribution in [0.15, 0.2) is 0 Å². The average Bonchev–Trinajstić information content (AvgIpc) is 2.29.